The topological polar surface area (TPSA) is 79.0 Å². The Morgan fingerprint density at radius 2 is 2.00 bits per heavy atom. The molecule has 0 aromatic carbocycles. The minimum Gasteiger partial charge on any atom is -0.476 e. The Morgan fingerprint density at radius 1 is 1.23 bits per heavy atom. The summed E-state index contributed by atoms with van der Waals surface area (Å²) in [6.07, 6.45) is -2.07. The number of piperazine rings is 1. The lowest BCUT2D eigenvalue weighted by Crippen LogP contribution is -2.52. The second-order valence-corrected chi connectivity index (χ2v) is 6.46. The molecule has 2 aromatic rings. The smallest absolute Gasteiger partial charge is 0.417 e. The van der Waals surface area contributed by atoms with E-state index in [1.54, 1.807) is 13.3 Å². The van der Waals surface area contributed by atoms with Gasteiger partial charge in [0.25, 0.3) is 0 Å². The molecule has 30 heavy (non-hydrogen) atoms. The van der Waals surface area contributed by atoms with Gasteiger partial charge in [-0.15, -0.1) is 24.0 Å². The highest BCUT2D eigenvalue weighted by Gasteiger charge is 2.30. The van der Waals surface area contributed by atoms with Crippen molar-refractivity contribution in [2.75, 3.05) is 46.4 Å². The van der Waals surface area contributed by atoms with Crippen LogP contribution in [-0.2, 0) is 12.7 Å². The van der Waals surface area contributed by atoms with Crippen molar-refractivity contribution in [2.24, 2.45) is 4.99 Å². The molecular weight excluding hydrogens is 516 g/mol. The van der Waals surface area contributed by atoms with Crippen molar-refractivity contribution in [2.45, 2.75) is 12.7 Å². The van der Waals surface area contributed by atoms with Crippen LogP contribution in [0.2, 0.25) is 0 Å². The number of ether oxygens (including phenoxy) is 1. The largest absolute Gasteiger partial charge is 0.476 e. The van der Waals surface area contributed by atoms with Crippen molar-refractivity contribution in [3.8, 4) is 5.88 Å². The number of guanidine groups is 1. The van der Waals surface area contributed by atoms with Gasteiger partial charge in [0.05, 0.1) is 17.8 Å². The first-order valence-corrected chi connectivity index (χ1v) is 9.19. The number of halogens is 4. The molecule has 0 unspecified atom stereocenters. The Balaban J connectivity index is 0.00000320. The second-order valence-electron chi connectivity index (χ2n) is 6.46. The third-order valence-corrected chi connectivity index (χ3v) is 4.46. The highest BCUT2D eigenvalue weighted by Crippen LogP contribution is 2.29. The zero-order valence-corrected chi connectivity index (χ0v) is 18.8. The number of aliphatic imine (C=N–C) groups is 1. The summed E-state index contributed by atoms with van der Waals surface area (Å²) in [7, 11) is 1.71. The minimum atomic E-state index is -4.40. The number of pyridine rings is 1. The lowest BCUT2D eigenvalue weighted by molar-refractivity contribution is -0.137. The predicted octanol–water partition coefficient (Wildman–Crippen LogP) is 2.48. The molecule has 0 saturated carbocycles. The first-order valence-electron chi connectivity index (χ1n) is 9.19. The summed E-state index contributed by atoms with van der Waals surface area (Å²) in [6.45, 7) is 4.85. The molecule has 166 valence electrons. The minimum absolute atomic E-state index is 0. The molecule has 1 saturated heterocycles. The third-order valence-electron chi connectivity index (χ3n) is 4.46. The van der Waals surface area contributed by atoms with Crippen LogP contribution in [0.4, 0.5) is 13.2 Å². The lowest BCUT2D eigenvalue weighted by Gasteiger charge is -2.36. The van der Waals surface area contributed by atoms with Crippen LogP contribution in [0.15, 0.2) is 40.2 Å². The molecule has 0 spiro atoms. The van der Waals surface area contributed by atoms with Crippen molar-refractivity contribution in [3.63, 3.8) is 0 Å². The molecule has 1 aliphatic heterocycles. The normalized spacial score (nSPS) is 15.6. The molecule has 8 nitrogen and oxygen atoms in total. The van der Waals surface area contributed by atoms with Crippen LogP contribution in [0.1, 0.15) is 11.3 Å². The maximum Gasteiger partial charge on any atom is 0.417 e. The van der Waals surface area contributed by atoms with Crippen LogP contribution in [-0.4, -0.2) is 72.3 Å². The van der Waals surface area contributed by atoms with Crippen LogP contribution >= 0.6 is 24.0 Å². The van der Waals surface area contributed by atoms with E-state index in [1.165, 1.54) is 6.07 Å². The summed E-state index contributed by atoms with van der Waals surface area (Å²) >= 11 is 0. The number of hydrogen-bond donors (Lipinski definition) is 1. The van der Waals surface area contributed by atoms with Gasteiger partial charge in [-0.05, 0) is 6.07 Å². The predicted molar refractivity (Wildman–Crippen MR) is 115 cm³/mol. The van der Waals surface area contributed by atoms with Gasteiger partial charge in [-0.1, -0.05) is 5.16 Å². The summed E-state index contributed by atoms with van der Waals surface area (Å²) in [4.78, 5) is 12.4. The third kappa shape index (κ3) is 7.00. The van der Waals surface area contributed by atoms with E-state index in [4.69, 9.17) is 9.26 Å². The Hall–Kier alpha value is -2.09. The van der Waals surface area contributed by atoms with E-state index in [2.05, 4.69) is 30.2 Å². The van der Waals surface area contributed by atoms with Crippen LogP contribution in [0.25, 0.3) is 0 Å². The van der Waals surface area contributed by atoms with Gasteiger partial charge in [0, 0.05) is 58.1 Å². The van der Waals surface area contributed by atoms with Gasteiger partial charge in [-0.2, -0.15) is 13.2 Å². The molecule has 3 rings (SSSR count). The molecule has 1 aliphatic rings. The Kier molecular flexibility index (Phi) is 9.14. The monoisotopic (exact) mass is 540 g/mol. The summed E-state index contributed by atoms with van der Waals surface area (Å²) in [5, 5.41) is 7.13. The summed E-state index contributed by atoms with van der Waals surface area (Å²) in [5.74, 6) is 0.909. The van der Waals surface area contributed by atoms with Crippen molar-refractivity contribution in [1.29, 1.82) is 0 Å². The summed E-state index contributed by atoms with van der Waals surface area (Å²) in [5.41, 5.74) is 0.112. The van der Waals surface area contributed by atoms with E-state index in [0.29, 0.717) is 6.54 Å². The number of aromatic nitrogens is 2. The summed E-state index contributed by atoms with van der Waals surface area (Å²) in [6, 6.07) is 4.03. The molecule has 0 radical (unpaired) electrons. The van der Waals surface area contributed by atoms with Gasteiger partial charge < -0.3 is 19.5 Å². The van der Waals surface area contributed by atoms with Gasteiger partial charge in [0.15, 0.2) is 5.96 Å². The molecule has 1 fully saturated rings. The first kappa shape index (κ1) is 24.2. The molecule has 1 N–H and O–H groups in total. The quantitative estimate of drug-likeness (QED) is 0.261. The molecule has 2 aromatic heterocycles. The molecular formula is C18H24F3IN6O2. The van der Waals surface area contributed by atoms with Gasteiger partial charge in [-0.3, -0.25) is 9.89 Å². The van der Waals surface area contributed by atoms with Gasteiger partial charge in [-0.25, -0.2) is 4.98 Å². The average Bonchev–Trinajstić information content (AvgIpc) is 3.22. The van der Waals surface area contributed by atoms with E-state index in [9.17, 15) is 13.2 Å². The molecule has 3 heterocycles. The highest BCUT2D eigenvalue weighted by atomic mass is 127. The van der Waals surface area contributed by atoms with E-state index < -0.39 is 11.7 Å². The van der Waals surface area contributed by atoms with Crippen molar-refractivity contribution in [1.82, 2.24) is 25.3 Å². The van der Waals surface area contributed by atoms with Crippen molar-refractivity contribution in [3.05, 3.63) is 41.9 Å². The maximum absolute atomic E-state index is 12.5. The fourth-order valence-electron chi connectivity index (χ4n) is 2.95. The zero-order chi connectivity index (χ0) is 20.7. The van der Waals surface area contributed by atoms with Crippen LogP contribution < -0.4 is 10.1 Å². The fourth-order valence-corrected chi connectivity index (χ4v) is 2.95. The van der Waals surface area contributed by atoms with Crippen molar-refractivity contribution >= 4 is 29.9 Å². The average molecular weight is 540 g/mol. The highest BCUT2D eigenvalue weighted by molar-refractivity contribution is 14.0. The Labute approximate surface area is 189 Å². The van der Waals surface area contributed by atoms with E-state index >= 15 is 0 Å². The van der Waals surface area contributed by atoms with Gasteiger partial charge in [0.1, 0.15) is 12.9 Å². The molecule has 0 atom stereocenters. The van der Waals surface area contributed by atoms with E-state index in [1.807, 2.05) is 6.07 Å². The van der Waals surface area contributed by atoms with E-state index in [0.717, 1.165) is 56.6 Å². The first-order chi connectivity index (χ1) is 14.0. The molecule has 0 amide bonds. The van der Waals surface area contributed by atoms with Gasteiger partial charge in [0.2, 0.25) is 5.88 Å². The number of rotatable bonds is 6. The SMILES string of the molecule is CN=C(NCCOc1ccc(C(F)(F)F)cn1)N1CCN(Cc2ccon2)CC1.I. The van der Waals surface area contributed by atoms with Crippen LogP contribution in [0, 0.1) is 0 Å². The fraction of sp³-hybridized carbons (Fsp3) is 0.500. The van der Waals surface area contributed by atoms with Gasteiger partial charge >= 0.3 is 6.18 Å². The van der Waals surface area contributed by atoms with Crippen LogP contribution in [0.3, 0.4) is 0 Å². The Morgan fingerprint density at radius 3 is 2.57 bits per heavy atom. The number of nitrogens with one attached hydrogen (secondary N) is 1. The standard InChI is InChI=1S/C18H23F3N6O2.HI/c1-22-17(27-8-6-26(7-9-27)13-15-4-10-29-25-15)23-5-11-28-16-3-2-14(12-24-16)18(19,20)21;/h2-4,10,12H,5-9,11,13H2,1H3,(H,22,23);1H. The maximum atomic E-state index is 12.5. The second kappa shape index (κ2) is 11.3. The molecule has 0 aliphatic carbocycles. The Bertz CT molecular complexity index is 778. The van der Waals surface area contributed by atoms with Crippen molar-refractivity contribution < 1.29 is 22.4 Å². The zero-order valence-electron chi connectivity index (χ0n) is 16.4. The molecule has 0 bridgehead atoms. The number of hydrogen-bond acceptors (Lipinski definition) is 6. The van der Waals surface area contributed by atoms with E-state index in [-0.39, 0.29) is 36.5 Å². The lowest BCUT2D eigenvalue weighted by atomic mass is 10.3. The molecule has 12 heteroatoms. The number of alkyl halides is 3. The summed E-state index contributed by atoms with van der Waals surface area (Å²) < 4.78 is 47.8. The van der Waals surface area contributed by atoms with Crippen LogP contribution in [0.5, 0.6) is 5.88 Å². The number of nitrogens with zero attached hydrogens (tertiary/aromatic N) is 5.